The molecule has 5 nitrogen and oxygen atoms in total. The van der Waals surface area contributed by atoms with Crippen LogP contribution in [-0.2, 0) is 14.6 Å². The predicted octanol–water partition coefficient (Wildman–Crippen LogP) is 1.42. The highest BCUT2D eigenvalue weighted by Crippen LogP contribution is 2.17. The molecule has 0 aliphatic heterocycles. The summed E-state index contributed by atoms with van der Waals surface area (Å²) in [5, 5.41) is 0.700. The Morgan fingerprint density at radius 2 is 1.94 bits per heavy atom. The Morgan fingerprint density at radius 1 is 1.22 bits per heavy atom. The van der Waals surface area contributed by atoms with Gasteiger partial charge in [-0.15, -0.1) is 0 Å². The summed E-state index contributed by atoms with van der Waals surface area (Å²) in [6.07, 6.45) is 1.10. The van der Waals surface area contributed by atoms with Crippen LogP contribution in [0.5, 0.6) is 0 Å². The van der Waals surface area contributed by atoms with Crippen molar-refractivity contribution in [1.82, 2.24) is 4.98 Å². The summed E-state index contributed by atoms with van der Waals surface area (Å²) in [5.74, 6) is -0.441. The Hall–Kier alpha value is -1.95. The van der Waals surface area contributed by atoms with Crippen LogP contribution < -0.4 is 0 Å². The number of carbonyl (C=O) groups is 1. The number of carbonyl (C=O) groups excluding carboxylic acids is 1. The van der Waals surface area contributed by atoms with Crippen molar-refractivity contribution in [3.05, 3.63) is 35.9 Å². The van der Waals surface area contributed by atoms with E-state index in [1.54, 1.807) is 24.3 Å². The molecule has 0 aliphatic carbocycles. The molecule has 2 aromatic rings. The molecule has 0 spiro atoms. The van der Waals surface area contributed by atoms with E-state index in [-0.39, 0.29) is 5.03 Å². The summed E-state index contributed by atoms with van der Waals surface area (Å²) in [6, 6.07) is 7.79. The van der Waals surface area contributed by atoms with E-state index in [4.69, 9.17) is 0 Å². The molecule has 0 atom stereocenters. The molecule has 0 aliphatic rings. The number of aromatic nitrogens is 1. The molecule has 0 fully saturated rings. The predicted molar refractivity (Wildman–Crippen MR) is 66.2 cm³/mol. The fourth-order valence-electron chi connectivity index (χ4n) is 1.56. The van der Waals surface area contributed by atoms with Crippen LogP contribution in [0.2, 0.25) is 0 Å². The number of hydrogen-bond acceptors (Lipinski definition) is 5. The SMILES string of the molecule is COC(=O)c1ccc2nc(S(C)(=O)=O)ccc2c1. The molecule has 2 rings (SSSR count). The molecule has 1 heterocycles. The minimum Gasteiger partial charge on any atom is -0.465 e. The van der Waals surface area contributed by atoms with Crippen LogP contribution in [0, 0.1) is 0 Å². The minimum absolute atomic E-state index is 0.0146. The summed E-state index contributed by atoms with van der Waals surface area (Å²) in [5.41, 5.74) is 0.921. The third-order valence-electron chi connectivity index (χ3n) is 2.46. The largest absolute Gasteiger partial charge is 0.465 e. The van der Waals surface area contributed by atoms with Gasteiger partial charge in [0.15, 0.2) is 14.9 Å². The zero-order chi connectivity index (χ0) is 13.3. The van der Waals surface area contributed by atoms with Crippen LogP contribution in [0.15, 0.2) is 35.4 Å². The number of esters is 1. The number of fused-ring (bicyclic) bond motifs is 1. The first-order valence-corrected chi connectivity index (χ1v) is 7.00. The number of methoxy groups -OCH3 is 1. The van der Waals surface area contributed by atoms with Gasteiger partial charge in [0, 0.05) is 11.6 Å². The number of benzene rings is 1. The molecular weight excluding hydrogens is 254 g/mol. The Kier molecular flexibility index (Phi) is 3.04. The van der Waals surface area contributed by atoms with E-state index in [9.17, 15) is 13.2 Å². The van der Waals surface area contributed by atoms with Gasteiger partial charge in [-0.1, -0.05) is 0 Å². The van der Waals surface area contributed by atoms with Gasteiger partial charge in [0.25, 0.3) is 0 Å². The first kappa shape index (κ1) is 12.5. The number of hydrogen-bond donors (Lipinski definition) is 0. The van der Waals surface area contributed by atoms with Crippen molar-refractivity contribution in [2.75, 3.05) is 13.4 Å². The Bertz CT molecular complexity index is 722. The first-order chi connectivity index (χ1) is 8.41. The van der Waals surface area contributed by atoms with Gasteiger partial charge in [-0.2, -0.15) is 0 Å². The van der Waals surface area contributed by atoms with Gasteiger partial charge in [-0.25, -0.2) is 18.2 Å². The van der Waals surface area contributed by atoms with Gasteiger partial charge < -0.3 is 4.74 Å². The standard InChI is InChI=1S/C12H11NO4S/c1-17-12(14)9-3-5-10-8(7-9)4-6-11(13-10)18(2,15)16/h3-7H,1-2H3. The van der Waals surface area contributed by atoms with E-state index in [1.807, 2.05) is 0 Å². The van der Waals surface area contributed by atoms with Crippen molar-refractivity contribution in [3.63, 3.8) is 0 Å². The van der Waals surface area contributed by atoms with Crippen LogP contribution >= 0.6 is 0 Å². The summed E-state index contributed by atoms with van der Waals surface area (Å²) >= 11 is 0. The number of nitrogens with zero attached hydrogens (tertiary/aromatic N) is 1. The molecule has 0 N–H and O–H groups in total. The molecular formula is C12H11NO4S. The summed E-state index contributed by atoms with van der Waals surface area (Å²) in [7, 11) is -2.03. The van der Waals surface area contributed by atoms with Crippen molar-refractivity contribution in [3.8, 4) is 0 Å². The summed E-state index contributed by atoms with van der Waals surface area (Å²) in [4.78, 5) is 15.4. The molecule has 0 radical (unpaired) electrons. The average molecular weight is 265 g/mol. The molecule has 0 saturated heterocycles. The van der Waals surface area contributed by atoms with Gasteiger partial charge in [0.05, 0.1) is 18.2 Å². The molecule has 1 aromatic carbocycles. The topological polar surface area (TPSA) is 73.3 Å². The smallest absolute Gasteiger partial charge is 0.337 e. The fourth-order valence-corrected chi connectivity index (χ4v) is 2.14. The lowest BCUT2D eigenvalue weighted by molar-refractivity contribution is 0.0601. The molecule has 0 saturated carbocycles. The van der Waals surface area contributed by atoms with E-state index in [0.717, 1.165) is 6.26 Å². The van der Waals surface area contributed by atoms with Crippen molar-refractivity contribution in [1.29, 1.82) is 0 Å². The van der Waals surface area contributed by atoms with Crippen LogP contribution in [0.3, 0.4) is 0 Å². The van der Waals surface area contributed by atoms with E-state index in [1.165, 1.54) is 13.2 Å². The highest BCUT2D eigenvalue weighted by atomic mass is 32.2. The normalized spacial score (nSPS) is 11.4. The highest BCUT2D eigenvalue weighted by molar-refractivity contribution is 7.90. The number of sulfone groups is 1. The molecule has 0 bridgehead atoms. The van der Waals surface area contributed by atoms with E-state index in [0.29, 0.717) is 16.5 Å². The first-order valence-electron chi connectivity index (χ1n) is 5.11. The number of rotatable bonds is 2. The lowest BCUT2D eigenvalue weighted by Crippen LogP contribution is -2.02. The second kappa shape index (κ2) is 4.38. The maximum absolute atomic E-state index is 11.4. The van der Waals surface area contributed by atoms with Crippen molar-refractivity contribution in [2.24, 2.45) is 0 Å². The molecule has 94 valence electrons. The average Bonchev–Trinajstić information content (AvgIpc) is 2.35. The van der Waals surface area contributed by atoms with Gasteiger partial charge in [0.2, 0.25) is 0 Å². The molecule has 0 amide bonds. The second-order valence-electron chi connectivity index (χ2n) is 3.82. The van der Waals surface area contributed by atoms with Gasteiger partial charge in [-0.3, -0.25) is 0 Å². The lowest BCUT2D eigenvalue weighted by atomic mass is 10.1. The molecule has 0 unspecified atom stereocenters. The summed E-state index contributed by atoms with van der Waals surface area (Å²) in [6.45, 7) is 0. The second-order valence-corrected chi connectivity index (χ2v) is 5.78. The monoisotopic (exact) mass is 265 g/mol. The minimum atomic E-state index is -3.33. The van der Waals surface area contributed by atoms with Crippen LogP contribution in [0.1, 0.15) is 10.4 Å². The third-order valence-corrected chi connectivity index (χ3v) is 3.45. The Labute approximate surface area is 104 Å². The maximum atomic E-state index is 11.4. The van der Waals surface area contributed by atoms with Crippen molar-refractivity contribution >= 4 is 26.7 Å². The van der Waals surface area contributed by atoms with Gasteiger partial charge >= 0.3 is 5.97 Å². The fraction of sp³-hybridized carbons (Fsp3) is 0.167. The van der Waals surface area contributed by atoms with Crippen LogP contribution in [-0.4, -0.2) is 32.7 Å². The Morgan fingerprint density at radius 3 is 2.56 bits per heavy atom. The molecule has 18 heavy (non-hydrogen) atoms. The van der Waals surface area contributed by atoms with Crippen molar-refractivity contribution in [2.45, 2.75) is 5.03 Å². The van der Waals surface area contributed by atoms with Crippen molar-refractivity contribution < 1.29 is 17.9 Å². The molecule has 6 heteroatoms. The highest BCUT2D eigenvalue weighted by Gasteiger charge is 2.11. The molecule has 1 aromatic heterocycles. The summed E-state index contributed by atoms with van der Waals surface area (Å²) < 4.78 is 27.3. The zero-order valence-corrected chi connectivity index (χ0v) is 10.7. The van der Waals surface area contributed by atoms with E-state index < -0.39 is 15.8 Å². The Balaban J connectivity index is 2.59. The van der Waals surface area contributed by atoms with E-state index in [2.05, 4.69) is 9.72 Å². The third kappa shape index (κ3) is 2.33. The quantitative estimate of drug-likeness (QED) is 0.768. The van der Waals surface area contributed by atoms with Gasteiger partial charge in [0.1, 0.15) is 0 Å². The number of ether oxygens (including phenoxy) is 1. The number of pyridine rings is 1. The van der Waals surface area contributed by atoms with Crippen LogP contribution in [0.25, 0.3) is 10.9 Å². The van der Waals surface area contributed by atoms with Crippen LogP contribution in [0.4, 0.5) is 0 Å². The van der Waals surface area contributed by atoms with Gasteiger partial charge in [-0.05, 0) is 30.3 Å². The lowest BCUT2D eigenvalue weighted by Gasteiger charge is -2.03. The maximum Gasteiger partial charge on any atom is 0.337 e. The zero-order valence-electron chi connectivity index (χ0n) is 9.88. The van der Waals surface area contributed by atoms with E-state index >= 15 is 0 Å².